The monoisotopic (exact) mass is 202 g/mol. The maximum Gasteiger partial charge on any atom is 0.228 e. The van der Waals surface area contributed by atoms with Crippen molar-refractivity contribution in [1.82, 2.24) is 10.2 Å². The van der Waals surface area contributed by atoms with Crippen LogP contribution in [-0.2, 0) is 4.79 Å². The lowest BCUT2D eigenvalue weighted by molar-refractivity contribution is -0.122. The highest BCUT2D eigenvalue weighted by Crippen LogP contribution is 1.94. The predicted octanol–water partition coefficient (Wildman–Crippen LogP) is 1.39. The Balaban J connectivity index is 4.06. The van der Waals surface area contributed by atoms with Crippen LogP contribution in [0.25, 0.3) is 0 Å². The molecule has 0 aliphatic heterocycles. The van der Waals surface area contributed by atoms with Crippen molar-refractivity contribution >= 4 is 23.2 Å². The maximum atomic E-state index is 11.3. The minimum absolute atomic E-state index is 0.0168. The molecule has 3 nitrogen and oxygen atoms in total. The summed E-state index contributed by atoms with van der Waals surface area (Å²) in [5.74, 6) is -0.0367. The topological polar surface area (TPSA) is 32.3 Å². The van der Waals surface area contributed by atoms with E-state index in [1.54, 1.807) is 0 Å². The number of carbonyl (C=O) groups is 1. The van der Waals surface area contributed by atoms with E-state index in [4.69, 9.17) is 12.2 Å². The molecule has 4 heteroatoms. The molecule has 0 bridgehead atoms. The van der Waals surface area contributed by atoms with Crippen molar-refractivity contribution in [1.29, 1.82) is 0 Å². The second-order valence-corrected chi connectivity index (χ2v) is 3.51. The van der Waals surface area contributed by atoms with Crippen LogP contribution in [0.1, 0.15) is 27.7 Å². The first kappa shape index (κ1) is 12.4. The third-order valence-electron chi connectivity index (χ3n) is 1.81. The Morgan fingerprint density at radius 3 is 2.15 bits per heavy atom. The third-order valence-corrected chi connectivity index (χ3v) is 2.17. The van der Waals surface area contributed by atoms with E-state index in [0.29, 0.717) is 5.11 Å². The van der Waals surface area contributed by atoms with Gasteiger partial charge in [-0.3, -0.25) is 4.79 Å². The Kier molecular flexibility index (Phi) is 5.62. The summed E-state index contributed by atoms with van der Waals surface area (Å²) in [6.45, 7) is 9.37. The van der Waals surface area contributed by atoms with Crippen molar-refractivity contribution in [2.45, 2.75) is 27.7 Å². The number of nitrogens with one attached hydrogen (secondary N) is 1. The minimum Gasteiger partial charge on any atom is -0.350 e. The van der Waals surface area contributed by atoms with Crippen molar-refractivity contribution in [2.75, 3.05) is 13.1 Å². The van der Waals surface area contributed by atoms with E-state index in [2.05, 4.69) is 5.32 Å². The molecule has 0 aromatic heterocycles. The van der Waals surface area contributed by atoms with Gasteiger partial charge < -0.3 is 10.2 Å². The van der Waals surface area contributed by atoms with Crippen LogP contribution in [0.15, 0.2) is 0 Å². The van der Waals surface area contributed by atoms with Crippen molar-refractivity contribution in [3.8, 4) is 0 Å². The summed E-state index contributed by atoms with van der Waals surface area (Å²) in [5.41, 5.74) is 0. The van der Waals surface area contributed by atoms with Crippen molar-refractivity contribution in [3.05, 3.63) is 0 Å². The molecule has 0 heterocycles. The molecule has 0 saturated heterocycles. The molecule has 0 aliphatic carbocycles. The van der Waals surface area contributed by atoms with Gasteiger partial charge in [0.25, 0.3) is 0 Å². The zero-order chi connectivity index (χ0) is 10.4. The standard InChI is InChI=1S/C9H18N2OS/c1-5-11(6-2)9(13)10-8(12)7(3)4/h7H,5-6H2,1-4H3,(H,10,12,13). The number of rotatable bonds is 3. The highest BCUT2D eigenvalue weighted by atomic mass is 32.1. The summed E-state index contributed by atoms with van der Waals surface area (Å²) in [6, 6.07) is 0. The van der Waals surface area contributed by atoms with Crippen LogP contribution < -0.4 is 5.32 Å². The molecule has 1 amide bonds. The summed E-state index contributed by atoms with van der Waals surface area (Å²) < 4.78 is 0. The van der Waals surface area contributed by atoms with Crippen LogP contribution >= 0.6 is 12.2 Å². The molecule has 0 fully saturated rings. The maximum absolute atomic E-state index is 11.3. The number of carbonyl (C=O) groups excluding carboxylic acids is 1. The molecule has 13 heavy (non-hydrogen) atoms. The van der Waals surface area contributed by atoms with E-state index in [-0.39, 0.29) is 11.8 Å². The average Bonchev–Trinajstić information content (AvgIpc) is 2.06. The first-order valence-corrected chi connectivity index (χ1v) is 5.03. The lowest BCUT2D eigenvalue weighted by Gasteiger charge is -2.22. The van der Waals surface area contributed by atoms with Gasteiger partial charge >= 0.3 is 0 Å². The lowest BCUT2D eigenvalue weighted by Crippen LogP contribution is -2.43. The van der Waals surface area contributed by atoms with Crippen molar-refractivity contribution in [2.24, 2.45) is 5.92 Å². The van der Waals surface area contributed by atoms with Gasteiger partial charge in [-0.05, 0) is 26.1 Å². The van der Waals surface area contributed by atoms with E-state index in [9.17, 15) is 4.79 Å². The van der Waals surface area contributed by atoms with Gasteiger partial charge in [0.1, 0.15) is 0 Å². The number of nitrogens with zero attached hydrogens (tertiary/aromatic N) is 1. The van der Waals surface area contributed by atoms with Gasteiger partial charge in [-0.15, -0.1) is 0 Å². The fourth-order valence-electron chi connectivity index (χ4n) is 0.840. The largest absolute Gasteiger partial charge is 0.350 e. The summed E-state index contributed by atoms with van der Waals surface area (Å²) in [4.78, 5) is 13.2. The minimum atomic E-state index is -0.0199. The van der Waals surface area contributed by atoms with Crippen LogP contribution in [0.3, 0.4) is 0 Å². The quantitative estimate of drug-likeness (QED) is 0.702. The van der Waals surface area contributed by atoms with E-state index in [1.165, 1.54) is 0 Å². The Bertz CT molecular complexity index is 188. The molecule has 0 aromatic rings. The first-order valence-electron chi connectivity index (χ1n) is 4.62. The Morgan fingerprint density at radius 1 is 1.38 bits per heavy atom. The van der Waals surface area contributed by atoms with Gasteiger partial charge in [0.15, 0.2) is 5.11 Å². The van der Waals surface area contributed by atoms with Crippen LogP contribution in [-0.4, -0.2) is 29.0 Å². The number of thiocarbonyl (C=S) groups is 1. The number of hydrogen-bond donors (Lipinski definition) is 1. The molecule has 0 spiro atoms. The molecule has 0 radical (unpaired) electrons. The molecule has 76 valence electrons. The zero-order valence-electron chi connectivity index (χ0n) is 8.76. The second-order valence-electron chi connectivity index (χ2n) is 3.12. The van der Waals surface area contributed by atoms with Gasteiger partial charge in [-0.1, -0.05) is 13.8 Å². The van der Waals surface area contributed by atoms with Gasteiger partial charge in [0.05, 0.1) is 0 Å². The molecular formula is C9H18N2OS. The molecule has 0 atom stereocenters. The molecule has 0 unspecified atom stereocenters. The summed E-state index contributed by atoms with van der Waals surface area (Å²) in [7, 11) is 0. The summed E-state index contributed by atoms with van der Waals surface area (Å²) in [6.07, 6.45) is 0. The predicted molar refractivity (Wildman–Crippen MR) is 58.5 cm³/mol. The molecular weight excluding hydrogens is 184 g/mol. The Hall–Kier alpha value is -0.640. The average molecular weight is 202 g/mol. The number of amides is 1. The van der Waals surface area contributed by atoms with Crippen LogP contribution in [0.2, 0.25) is 0 Å². The highest BCUT2D eigenvalue weighted by Gasteiger charge is 2.11. The highest BCUT2D eigenvalue weighted by molar-refractivity contribution is 7.80. The third kappa shape index (κ3) is 4.22. The van der Waals surface area contributed by atoms with Crippen LogP contribution in [0.5, 0.6) is 0 Å². The van der Waals surface area contributed by atoms with Gasteiger partial charge in [-0.25, -0.2) is 0 Å². The lowest BCUT2D eigenvalue weighted by atomic mass is 10.2. The smallest absolute Gasteiger partial charge is 0.228 e. The molecule has 0 saturated carbocycles. The Labute approximate surface area is 85.5 Å². The Morgan fingerprint density at radius 2 is 1.85 bits per heavy atom. The van der Waals surface area contributed by atoms with Gasteiger partial charge in [0.2, 0.25) is 5.91 Å². The molecule has 0 aromatic carbocycles. The van der Waals surface area contributed by atoms with Crippen LogP contribution in [0.4, 0.5) is 0 Å². The van der Waals surface area contributed by atoms with Crippen LogP contribution in [0, 0.1) is 5.92 Å². The van der Waals surface area contributed by atoms with Gasteiger partial charge in [0, 0.05) is 19.0 Å². The normalized spacial score (nSPS) is 9.92. The van der Waals surface area contributed by atoms with E-state index in [1.807, 2.05) is 32.6 Å². The zero-order valence-corrected chi connectivity index (χ0v) is 9.57. The first-order chi connectivity index (χ1) is 6.02. The van der Waals surface area contributed by atoms with E-state index < -0.39 is 0 Å². The van der Waals surface area contributed by atoms with E-state index >= 15 is 0 Å². The van der Waals surface area contributed by atoms with Crippen molar-refractivity contribution < 1.29 is 4.79 Å². The summed E-state index contributed by atoms with van der Waals surface area (Å²) in [5, 5.41) is 3.23. The molecule has 0 aliphatic rings. The molecule has 1 N–H and O–H groups in total. The second kappa shape index (κ2) is 5.91. The number of hydrogen-bond acceptors (Lipinski definition) is 2. The van der Waals surface area contributed by atoms with Crippen molar-refractivity contribution in [3.63, 3.8) is 0 Å². The van der Waals surface area contributed by atoms with E-state index in [0.717, 1.165) is 13.1 Å². The summed E-state index contributed by atoms with van der Waals surface area (Å²) >= 11 is 5.06. The SMILES string of the molecule is CCN(CC)C(=S)NC(=O)C(C)C. The van der Waals surface area contributed by atoms with Gasteiger partial charge in [-0.2, -0.15) is 0 Å². The fourth-order valence-corrected chi connectivity index (χ4v) is 1.20. The fraction of sp³-hybridized carbons (Fsp3) is 0.778. The molecule has 0 rings (SSSR count).